The number of amides is 1. The molecule has 5 heteroatoms. The predicted octanol–water partition coefficient (Wildman–Crippen LogP) is 3.15. The predicted molar refractivity (Wildman–Crippen MR) is 89.0 cm³/mol. The summed E-state index contributed by atoms with van der Waals surface area (Å²) in [6.45, 7) is 6.52. The van der Waals surface area contributed by atoms with E-state index in [1.807, 2.05) is 13.0 Å². The van der Waals surface area contributed by atoms with E-state index < -0.39 is 5.63 Å². The molecule has 0 aliphatic heterocycles. The number of carbonyl (C=O) groups excluding carboxylic acids is 1. The van der Waals surface area contributed by atoms with Gasteiger partial charge in [-0.25, -0.2) is 4.79 Å². The molecule has 128 valence electrons. The molecule has 0 radical (unpaired) electrons. The molecule has 1 aromatic rings. The number of methoxy groups -OCH3 is 1. The van der Waals surface area contributed by atoms with E-state index in [4.69, 9.17) is 9.15 Å². The van der Waals surface area contributed by atoms with Gasteiger partial charge in [-0.1, -0.05) is 20.3 Å². The minimum Gasteiger partial charge on any atom is -0.427 e. The summed E-state index contributed by atoms with van der Waals surface area (Å²) < 4.78 is 10.5. The lowest BCUT2D eigenvalue weighted by atomic mass is 10.0. The fourth-order valence-electron chi connectivity index (χ4n) is 2.91. The van der Waals surface area contributed by atoms with Crippen molar-refractivity contribution in [3.05, 3.63) is 33.4 Å². The number of aryl methyl sites for hydroxylation is 1. The van der Waals surface area contributed by atoms with Gasteiger partial charge in [-0.2, -0.15) is 0 Å². The molecular formula is C18H27NO4. The Kier molecular flexibility index (Phi) is 5.63. The first-order valence-electron chi connectivity index (χ1n) is 8.38. The Hall–Kier alpha value is -1.62. The maximum absolute atomic E-state index is 12.5. The van der Waals surface area contributed by atoms with Crippen LogP contribution in [0.25, 0.3) is 0 Å². The van der Waals surface area contributed by atoms with E-state index in [-0.39, 0.29) is 22.9 Å². The molecular weight excluding hydrogens is 294 g/mol. The number of hydrogen-bond donors (Lipinski definition) is 1. The summed E-state index contributed by atoms with van der Waals surface area (Å²) >= 11 is 0. The van der Waals surface area contributed by atoms with Crippen LogP contribution in [-0.4, -0.2) is 25.2 Å². The van der Waals surface area contributed by atoms with Crippen LogP contribution in [0.3, 0.4) is 0 Å². The SMILES string of the molecule is CCCC(C)c1cc(C)c(C(=O)NC2(CCOC)CC2)c(=O)o1. The first-order valence-corrected chi connectivity index (χ1v) is 8.38. The Bertz CT molecular complexity index is 616. The van der Waals surface area contributed by atoms with Gasteiger partial charge in [-0.3, -0.25) is 4.79 Å². The minimum absolute atomic E-state index is 0.126. The smallest absolute Gasteiger partial charge is 0.349 e. The van der Waals surface area contributed by atoms with Crippen LogP contribution in [0.5, 0.6) is 0 Å². The van der Waals surface area contributed by atoms with Crippen molar-refractivity contribution in [2.45, 2.75) is 64.3 Å². The van der Waals surface area contributed by atoms with Gasteiger partial charge >= 0.3 is 5.63 Å². The zero-order valence-electron chi connectivity index (χ0n) is 14.5. The van der Waals surface area contributed by atoms with E-state index in [2.05, 4.69) is 12.2 Å². The fourth-order valence-corrected chi connectivity index (χ4v) is 2.91. The monoisotopic (exact) mass is 321 g/mol. The third-order valence-electron chi connectivity index (χ3n) is 4.62. The summed E-state index contributed by atoms with van der Waals surface area (Å²) in [4.78, 5) is 24.8. The molecule has 1 amide bonds. The maximum atomic E-state index is 12.5. The highest BCUT2D eigenvalue weighted by atomic mass is 16.5. The molecule has 1 atom stereocenters. The van der Waals surface area contributed by atoms with Gasteiger partial charge < -0.3 is 14.5 Å². The van der Waals surface area contributed by atoms with Crippen molar-refractivity contribution in [3.63, 3.8) is 0 Å². The molecule has 0 spiro atoms. The van der Waals surface area contributed by atoms with E-state index in [9.17, 15) is 9.59 Å². The lowest BCUT2D eigenvalue weighted by Crippen LogP contribution is -2.40. The van der Waals surface area contributed by atoms with Gasteiger partial charge in [0.05, 0.1) is 0 Å². The van der Waals surface area contributed by atoms with Gasteiger partial charge in [-0.05, 0) is 44.2 Å². The average Bonchev–Trinajstić information content (AvgIpc) is 3.24. The second kappa shape index (κ2) is 7.30. The van der Waals surface area contributed by atoms with Crippen LogP contribution in [0.2, 0.25) is 0 Å². The molecule has 0 saturated heterocycles. The van der Waals surface area contributed by atoms with E-state index in [0.29, 0.717) is 17.9 Å². The molecule has 2 rings (SSSR count). The number of carbonyl (C=O) groups is 1. The fraction of sp³-hybridized carbons (Fsp3) is 0.667. The highest BCUT2D eigenvalue weighted by Gasteiger charge is 2.44. The molecule has 0 bridgehead atoms. The molecule has 1 unspecified atom stereocenters. The Labute approximate surface area is 137 Å². The van der Waals surface area contributed by atoms with E-state index in [1.165, 1.54) is 0 Å². The van der Waals surface area contributed by atoms with E-state index in [1.54, 1.807) is 14.0 Å². The largest absolute Gasteiger partial charge is 0.427 e. The van der Waals surface area contributed by atoms with Crippen LogP contribution in [-0.2, 0) is 4.74 Å². The second-order valence-corrected chi connectivity index (χ2v) is 6.66. The molecule has 5 nitrogen and oxygen atoms in total. The molecule has 0 aromatic carbocycles. The maximum Gasteiger partial charge on any atom is 0.349 e. The zero-order chi connectivity index (χ0) is 17.0. The second-order valence-electron chi connectivity index (χ2n) is 6.66. The Morgan fingerprint density at radius 2 is 2.17 bits per heavy atom. The number of ether oxygens (including phenoxy) is 1. The van der Waals surface area contributed by atoms with Crippen molar-refractivity contribution in [3.8, 4) is 0 Å². The van der Waals surface area contributed by atoms with Gasteiger partial charge in [0, 0.05) is 25.2 Å². The van der Waals surface area contributed by atoms with Crippen molar-refractivity contribution >= 4 is 5.91 Å². The van der Waals surface area contributed by atoms with Gasteiger partial charge in [0.15, 0.2) is 0 Å². The zero-order valence-corrected chi connectivity index (χ0v) is 14.5. The van der Waals surface area contributed by atoms with Crippen LogP contribution in [0.1, 0.15) is 73.6 Å². The summed E-state index contributed by atoms with van der Waals surface area (Å²) in [5, 5.41) is 3.00. The van der Waals surface area contributed by atoms with Crippen molar-refractivity contribution in [2.24, 2.45) is 0 Å². The summed E-state index contributed by atoms with van der Waals surface area (Å²) in [6.07, 6.45) is 4.60. The number of nitrogens with one attached hydrogen (secondary N) is 1. The summed E-state index contributed by atoms with van der Waals surface area (Å²) in [5.74, 6) is 0.506. The van der Waals surface area contributed by atoms with Crippen LogP contribution >= 0.6 is 0 Å². The first kappa shape index (κ1) is 17.7. The topological polar surface area (TPSA) is 68.5 Å². The Morgan fingerprint density at radius 3 is 2.70 bits per heavy atom. The summed E-state index contributed by atoms with van der Waals surface area (Å²) in [7, 11) is 1.65. The lowest BCUT2D eigenvalue weighted by Gasteiger charge is -2.17. The molecule has 1 saturated carbocycles. The number of rotatable bonds is 8. The third kappa shape index (κ3) is 4.22. The van der Waals surface area contributed by atoms with Gasteiger partial charge in [0.1, 0.15) is 11.3 Å². The molecule has 1 fully saturated rings. The quantitative estimate of drug-likeness (QED) is 0.798. The summed E-state index contributed by atoms with van der Waals surface area (Å²) in [6, 6.07) is 1.82. The lowest BCUT2D eigenvalue weighted by molar-refractivity contribution is 0.0911. The van der Waals surface area contributed by atoms with Crippen molar-refractivity contribution in [1.29, 1.82) is 0 Å². The summed E-state index contributed by atoms with van der Waals surface area (Å²) in [5.41, 5.74) is 0.0588. The molecule has 1 aromatic heterocycles. The van der Waals surface area contributed by atoms with Gasteiger partial charge in [0.25, 0.3) is 5.91 Å². The first-order chi connectivity index (χ1) is 10.9. The number of hydrogen-bond acceptors (Lipinski definition) is 4. The van der Waals surface area contributed by atoms with E-state index >= 15 is 0 Å². The van der Waals surface area contributed by atoms with E-state index in [0.717, 1.165) is 32.1 Å². The van der Waals surface area contributed by atoms with Crippen LogP contribution in [0, 0.1) is 6.92 Å². The Balaban J connectivity index is 2.16. The molecule has 1 N–H and O–H groups in total. The third-order valence-corrected chi connectivity index (χ3v) is 4.62. The normalized spacial score (nSPS) is 16.9. The van der Waals surface area contributed by atoms with Gasteiger partial charge in [0.2, 0.25) is 0 Å². The van der Waals surface area contributed by atoms with Crippen LogP contribution in [0.15, 0.2) is 15.3 Å². The van der Waals surface area contributed by atoms with Crippen molar-refractivity contribution in [1.82, 2.24) is 5.32 Å². The highest BCUT2D eigenvalue weighted by Crippen LogP contribution is 2.38. The minimum atomic E-state index is -0.539. The van der Waals surface area contributed by atoms with Crippen molar-refractivity contribution < 1.29 is 13.9 Å². The van der Waals surface area contributed by atoms with Crippen LogP contribution in [0.4, 0.5) is 0 Å². The molecule has 1 aliphatic rings. The van der Waals surface area contributed by atoms with Gasteiger partial charge in [-0.15, -0.1) is 0 Å². The van der Waals surface area contributed by atoms with Crippen molar-refractivity contribution in [2.75, 3.05) is 13.7 Å². The Morgan fingerprint density at radius 1 is 1.48 bits per heavy atom. The highest BCUT2D eigenvalue weighted by molar-refractivity contribution is 5.95. The van der Waals surface area contributed by atoms with Crippen LogP contribution < -0.4 is 10.9 Å². The standard InChI is InChI=1S/C18H27NO4/c1-5-6-12(2)14-11-13(3)15(17(21)23-14)16(20)19-18(7-8-18)9-10-22-4/h11-12H,5-10H2,1-4H3,(H,19,20). The molecule has 1 aliphatic carbocycles. The molecule has 1 heterocycles. The average molecular weight is 321 g/mol. The molecule has 23 heavy (non-hydrogen) atoms.